The number of allylic oxidation sites excluding steroid dienone is 1. The van der Waals surface area contributed by atoms with E-state index in [2.05, 4.69) is 29.8 Å². The number of ether oxygens (including phenoxy) is 12. The first kappa shape index (κ1) is 113. The molecule has 0 saturated carbocycles. The van der Waals surface area contributed by atoms with Gasteiger partial charge in [0.2, 0.25) is 17.7 Å². The topological polar surface area (TPSA) is 677 Å². The van der Waals surface area contributed by atoms with Crippen LogP contribution in [0.3, 0.4) is 0 Å². The van der Waals surface area contributed by atoms with Crippen molar-refractivity contribution in [3.63, 3.8) is 0 Å². The molecule has 12 unspecified atom stereocenters. The smallest absolute Gasteiger partial charge is 0.364 e. The maximum atomic E-state index is 13.6. The summed E-state index contributed by atoms with van der Waals surface area (Å²) < 4.78 is 71.1. The second kappa shape index (κ2) is 58.3. The molecule has 34 atom stereocenters. The van der Waals surface area contributed by atoms with Crippen molar-refractivity contribution in [2.75, 3.05) is 46.2 Å². The molecule has 6 saturated heterocycles. The Morgan fingerprint density at radius 1 is 0.422 bits per heavy atom. The van der Waals surface area contributed by atoms with Gasteiger partial charge in [0.15, 0.2) is 25.2 Å². The van der Waals surface area contributed by atoms with Gasteiger partial charge in [-0.25, -0.2) is 9.59 Å². The van der Waals surface area contributed by atoms with Gasteiger partial charge in [0.1, 0.15) is 140 Å². The number of carboxylic acid groups (broad SMARTS) is 2. The first-order valence-electron chi connectivity index (χ1n) is 46.2. The van der Waals surface area contributed by atoms with Crippen LogP contribution >= 0.6 is 0 Å². The van der Waals surface area contributed by atoms with Crippen molar-refractivity contribution >= 4 is 29.7 Å². The predicted molar refractivity (Wildman–Crippen MR) is 447 cm³/mol. The van der Waals surface area contributed by atoms with E-state index in [1.165, 1.54) is 128 Å². The Labute approximate surface area is 747 Å². The highest BCUT2D eigenvalue weighted by Gasteiger charge is 2.63. The molecule has 6 heterocycles. The lowest BCUT2D eigenvalue weighted by molar-refractivity contribution is -0.393. The molecule has 6 fully saturated rings. The largest absolute Gasteiger partial charge is 0.477 e. The molecule has 0 radical (unpaired) electrons. The van der Waals surface area contributed by atoms with Gasteiger partial charge < -0.3 is 185 Å². The SMILES string of the molecule is CCCCCCCCCCCCC/C=C/[C@@H](O)[C@H](CO[C@@H]1OC(CO)[C@@H](O[C@@H]2OC(CO)[C@H](O[C@@H]3OC(CO[C@]4(C(=O)O)CC(O)[C@@H](NC(C)=O)C([C@H](O)[C@H](O)CO)O4)[C@H](O)[C@H](O[C@@H]4OC(CO)[C@H](O)[C@H](O[C@]5(C(=O)O)CC(O)[C@@H](O)C([C@H](O)[C@H](O)CO)O5)C4O)C3NC(C)=O)[C@H](O)C2O)[C@H](O)C1O)NC(=O)CCCCCCCCCCCCCCCCCCCCC. The molecule has 6 aliphatic heterocycles. The fourth-order valence-electron chi connectivity index (χ4n) is 17.1. The molecule has 6 rings (SSSR count). The molecule has 0 aliphatic carbocycles. The molecular weight excluding hydrogens is 1700 g/mol. The molecule has 0 aromatic carbocycles. The van der Waals surface area contributed by atoms with Gasteiger partial charge in [-0.1, -0.05) is 206 Å². The van der Waals surface area contributed by atoms with Gasteiger partial charge in [0, 0.05) is 33.1 Å². The Balaban J connectivity index is 1.20. The molecule has 25 N–H and O–H groups in total. The van der Waals surface area contributed by atoms with Crippen LogP contribution in [0.15, 0.2) is 12.2 Å². The van der Waals surface area contributed by atoms with E-state index >= 15 is 0 Å². The average molecular weight is 1850 g/mol. The zero-order valence-corrected chi connectivity index (χ0v) is 74.4. The van der Waals surface area contributed by atoms with Crippen molar-refractivity contribution in [1.82, 2.24) is 16.0 Å². The van der Waals surface area contributed by atoms with Crippen molar-refractivity contribution < 1.29 is 193 Å². The standard InChI is InChI=1S/C86H153N3O39/c1-5-7-9-11-13-15-17-19-20-21-22-23-24-26-28-30-32-34-36-38-60(102)89-50(51(97)37-35-33-31-29-27-25-18-16-14-12-10-8-6-2)46-117-80-70(110)68(108)74(57(44-93)120-80)124-81-71(111)69(109)73(58(45-94)121-81)123-79-62(88-49(4)96)75(67(107)59(122-79)47-118-85(83(113)114)39-52(98)61(87-48(3)95)76(126-85)64(104)54(100)41-90)125-82-72(112)78(66(106)56(43-92)119-82)128-86(84(115)116)40-53(99)63(103)77(127-86)65(105)55(101)42-91/h35,37,50-59,61-82,90-94,97-101,103-112H,5-34,36,38-47H2,1-4H3,(H,87,95)(H,88,96)(H,89,102)(H,113,114)(H,115,116)/b37-35+/t50-,51+,52?,53?,54+,55+,56?,57?,58?,59?,61+,62?,63+,64+,65+,66-,67-,68+,69+,70?,71?,72?,73-,74+,75+,76?,77?,78-,79-,80+,81-,82-,85+,86-/m0/s1. The molecule has 42 heteroatoms. The van der Waals surface area contributed by atoms with Crippen molar-refractivity contribution in [2.45, 2.75) is 453 Å². The van der Waals surface area contributed by atoms with Gasteiger partial charge in [-0.3, -0.25) is 14.4 Å². The summed E-state index contributed by atoms with van der Waals surface area (Å²) in [6, 6.07) is -5.02. The lowest BCUT2D eigenvalue weighted by atomic mass is 9.88. The van der Waals surface area contributed by atoms with Crippen LogP contribution in [-0.2, 0) is 80.8 Å². The summed E-state index contributed by atoms with van der Waals surface area (Å²) in [5.74, 6) is -13.2. The number of rotatable bonds is 62. The number of nitrogens with one attached hydrogen (secondary N) is 3. The number of hydrogen-bond acceptors (Lipinski definition) is 37. The number of amides is 3. The molecule has 42 nitrogen and oxygen atoms in total. The second-order valence-electron chi connectivity index (χ2n) is 35.0. The quantitative estimate of drug-likeness (QED) is 0.0222. The lowest BCUT2D eigenvalue weighted by Crippen LogP contribution is -2.71. The van der Waals surface area contributed by atoms with E-state index in [-0.39, 0.29) is 12.3 Å². The average Bonchev–Trinajstić information content (AvgIpc) is 0.758. The van der Waals surface area contributed by atoms with Gasteiger partial charge in [0.25, 0.3) is 11.6 Å². The highest BCUT2D eigenvalue weighted by molar-refractivity contribution is 5.77. The first-order valence-corrected chi connectivity index (χ1v) is 46.2. The molecule has 0 aromatic rings. The van der Waals surface area contributed by atoms with E-state index in [0.29, 0.717) is 12.8 Å². The molecule has 128 heavy (non-hydrogen) atoms. The Kier molecular flexibility index (Phi) is 51.3. The molecular formula is C86H153N3O39. The van der Waals surface area contributed by atoms with Gasteiger partial charge in [-0.2, -0.15) is 0 Å². The molecule has 746 valence electrons. The minimum atomic E-state index is -3.36. The van der Waals surface area contributed by atoms with E-state index < -0.39 is 290 Å². The van der Waals surface area contributed by atoms with E-state index in [9.17, 15) is 136 Å². The van der Waals surface area contributed by atoms with E-state index in [1.54, 1.807) is 6.08 Å². The van der Waals surface area contributed by atoms with Crippen molar-refractivity contribution in [3.05, 3.63) is 12.2 Å². The monoisotopic (exact) mass is 1850 g/mol. The molecule has 0 spiro atoms. The van der Waals surface area contributed by atoms with E-state index in [1.807, 2.05) is 6.08 Å². The zero-order chi connectivity index (χ0) is 94.4. The Morgan fingerprint density at radius 2 is 0.820 bits per heavy atom. The highest BCUT2D eigenvalue weighted by Crippen LogP contribution is 2.42. The van der Waals surface area contributed by atoms with Gasteiger partial charge >= 0.3 is 11.9 Å². The predicted octanol–water partition coefficient (Wildman–Crippen LogP) is -2.45. The van der Waals surface area contributed by atoms with Crippen LogP contribution in [0.5, 0.6) is 0 Å². The fourth-order valence-corrected chi connectivity index (χ4v) is 17.1. The number of aliphatic hydroxyl groups excluding tert-OH is 20. The number of aliphatic carboxylic acids is 2. The third-order valence-electron chi connectivity index (χ3n) is 24.7. The number of hydrogen-bond donors (Lipinski definition) is 25. The second-order valence-corrected chi connectivity index (χ2v) is 35.0. The van der Waals surface area contributed by atoms with Crippen LogP contribution in [0.2, 0.25) is 0 Å². The normalized spacial score (nSPS) is 35.0. The fraction of sp³-hybridized carbons (Fsp3) is 0.919. The zero-order valence-electron chi connectivity index (χ0n) is 74.4. The van der Waals surface area contributed by atoms with Crippen LogP contribution in [0.1, 0.15) is 246 Å². The maximum Gasteiger partial charge on any atom is 0.364 e. The minimum absolute atomic E-state index is 0.131. The van der Waals surface area contributed by atoms with Crippen LogP contribution in [0.4, 0.5) is 0 Å². The third-order valence-corrected chi connectivity index (χ3v) is 24.7. The number of carbonyl (C=O) groups excluding carboxylic acids is 3. The summed E-state index contributed by atoms with van der Waals surface area (Å²) in [5.41, 5.74) is 0. The van der Waals surface area contributed by atoms with Crippen molar-refractivity contribution in [2.24, 2.45) is 0 Å². The summed E-state index contributed by atoms with van der Waals surface area (Å²) >= 11 is 0. The molecule has 0 bridgehead atoms. The van der Waals surface area contributed by atoms with Crippen LogP contribution in [-0.4, -0.2) is 396 Å². The summed E-state index contributed by atoms with van der Waals surface area (Å²) in [6.07, 6.45) is -26.9. The van der Waals surface area contributed by atoms with Crippen molar-refractivity contribution in [3.8, 4) is 0 Å². The van der Waals surface area contributed by atoms with E-state index in [0.717, 1.165) is 71.6 Å². The highest BCUT2D eigenvalue weighted by atomic mass is 16.8. The minimum Gasteiger partial charge on any atom is -0.477 e. The Morgan fingerprint density at radius 3 is 1.30 bits per heavy atom. The first-order chi connectivity index (χ1) is 61.1. The number of carboxylic acids is 2. The Hall–Kier alpha value is -4.19. The number of aliphatic hydroxyl groups is 20. The van der Waals surface area contributed by atoms with Crippen LogP contribution in [0.25, 0.3) is 0 Å². The van der Waals surface area contributed by atoms with Crippen LogP contribution in [0, 0.1) is 0 Å². The third kappa shape index (κ3) is 33.7. The molecule has 6 aliphatic rings. The summed E-state index contributed by atoms with van der Waals surface area (Å²) in [5, 5.41) is 253. The van der Waals surface area contributed by atoms with Gasteiger partial charge in [0.05, 0.1) is 76.6 Å². The molecule has 0 aromatic heterocycles. The lowest BCUT2D eigenvalue weighted by Gasteiger charge is -2.51. The summed E-state index contributed by atoms with van der Waals surface area (Å²) in [7, 11) is 0. The number of carbonyl (C=O) groups is 5. The molecule has 3 amide bonds. The van der Waals surface area contributed by atoms with E-state index in [4.69, 9.17) is 56.8 Å². The summed E-state index contributed by atoms with van der Waals surface area (Å²) in [4.78, 5) is 66.2. The van der Waals surface area contributed by atoms with Gasteiger partial charge in [-0.15, -0.1) is 0 Å². The van der Waals surface area contributed by atoms with Crippen molar-refractivity contribution in [1.29, 1.82) is 0 Å². The number of unbranched alkanes of at least 4 members (excludes halogenated alkanes) is 29. The maximum absolute atomic E-state index is 13.6. The summed E-state index contributed by atoms with van der Waals surface area (Å²) in [6.45, 7) is -1.51. The Bertz CT molecular complexity index is 3140. The van der Waals surface area contributed by atoms with Crippen LogP contribution < -0.4 is 16.0 Å². The van der Waals surface area contributed by atoms with Gasteiger partial charge in [-0.05, 0) is 19.3 Å².